The van der Waals surface area contributed by atoms with E-state index in [1.165, 1.54) is 38.6 Å². The van der Waals surface area contributed by atoms with Crippen molar-refractivity contribution in [3.8, 4) is 6.07 Å². The fourth-order valence-electron chi connectivity index (χ4n) is 3.53. The third-order valence-corrected chi connectivity index (χ3v) is 4.44. The summed E-state index contributed by atoms with van der Waals surface area (Å²) < 4.78 is 0. The Kier molecular flexibility index (Phi) is 4.82. The lowest BCUT2D eigenvalue weighted by Crippen LogP contribution is -2.38. The van der Waals surface area contributed by atoms with Gasteiger partial charge in [-0.25, -0.2) is 0 Å². The van der Waals surface area contributed by atoms with Gasteiger partial charge in [0.25, 0.3) is 0 Å². The lowest BCUT2D eigenvalue weighted by molar-refractivity contribution is 0.178. The van der Waals surface area contributed by atoms with E-state index in [0.717, 1.165) is 31.5 Å². The predicted octanol–water partition coefficient (Wildman–Crippen LogP) is 2.14. The van der Waals surface area contributed by atoms with Gasteiger partial charge in [-0.1, -0.05) is 19.8 Å². The molecule has 0 amide bonds. The Morgan fingerprint density at radius 2 is 2.18 bits per heavy atom. The number of hydrogen-bond acceptors (Lipinski definition) is 3. The maximum absolute atomic E-state index is 9.03. The maximum atomic E-state index is 9.03. The quantitative estimate of drug-likeness (QED) is 0.793. The zero-order valence-corrected chi connectivity index (χ0v) is 11.0. The molecular weight excluding hydrogens is 210 g/mol. The molecule has 3 heteroatoms. The van der Waals surface area contributed by atoms with Crippen molar-refractivity contribution in [1.29, 1.82) is 5.26 Å². The van der Waals surface area contributed by atoms with Crippen molar-refractivity contribution in [2.45, 2.75) is 57.5 Å². The van der Waals surface area contributed by atoms with E-state index >= 15 is 0 Å². The fraction of sp³-hybridized carbons (Fsp3) is 0.929. The maximum Gasteiger partial charge on any atom is 0.0965 e. The van der Waals surface area contributed by atoms with E-state index < -0.39 is 0 Å². The average molecular weight is 235 g/mol. The molecule has 1 aliphatic heterocycles. The molecule has 3 atom stereocenters. The van der Waals surface area contributed by atoms with Gasteiger partial charge in [-0.05, 0) is 44.7 Å². The first kappa shape index (κ1) is 12.9. The van der Waals surface area contributed by atoms with E-state index in [0.29, 0.717) is 0 Å². The van der Waals surface area contributed by atoms with Gasteiger partial charge in [-0.2, -0.15) is 5.26 Å². The Morgan fingerprint density at radius 3 is 2.94 bits per heavy atom. The highest BCUT2D eigenvalue weighted by Gasteiger charge is 2.35. The first-order valence-electron chi connectivity index (χ1n) is 7.22. The first-order valence-corrected chi connectivity index (χ1v) is 7.22. The van der Waals surface area contributed by atoms with E-state index in [1.54, 1.807) is 0 Å². The van der Waals surface area contributed by atoms with Gasteiger partial charge in [0.1, 0.15) is 0 Å². The van der Waals surface area contributed by atoms with Crippen LogP contribution in [0.4, 0.5) is 0 Å². The Bertz CT molecular complexity index is 271. The molecule has 2 fully saturated rings. The van der Waals surface area contributed by atoms with E-state index in [-0.39, 0.29) is 6.04 Å². The summed E-state index contributed by atoms with van der Waals surface area (Å²) in [5.74, 6) is 0.962. The van der Waals surface area contributed by atoms with Crippen molar-refractivity contribution in [3.63, 3.8) is 0 Å². The van der Waals surface area contributed by atoms with Crippen molar-refractivity contribution < 1.29 is 0 Å². The first-order chi connectivity index (χ1) is 8.35. The summed E-state index contributed by atoms with van der Waals surface area (Å²) in [6.07, 6.45) is 8.05. The number of hydrogen-bond donors (Lipinski definition) is 1. The minimum Gasteiger partial charge on any atom is -0.302 e. The molecule has 1 saturated heterocycles. The van der Waals surface area contributed by atoms with Crippen LogP contribution in [0.5, 0.6) is 0 Å². The molecule has 0 aromatic rings. The molecule has 0 aromatic heterocycles. The minimum absolute atomic E-state index is 0.0441. The average Bonchev–Trinajstić information content (AvgIpc) is 2.78. The summed E-state index contributed by atoms with van der Waals surface area (Å²) in [6.45, 7) is 5.33. The molecule has 17 heavy (non-hydrogen) atoms. The topological polar surface area (TPSA) is 39.1 Å². The van der Waals surface area contributed by atoms with Crippen molar-refractivity contribution in [2.24, 2.45) is 5.92 Å². The van der Waals surface area contributed by atoms with Crippen LogP contribution in [-0.2, 0) is 0 Å². The van der Waals surface area contributed by atoms with Crippen LogP contribution in [0.3, 0.4) is 0 Å². The monoisotopic (exact) mass is 235 g/mol. The number of fused-ring (bicyclic) bond motifs is 1. The SMILES string of the molecule is CCNC(C#N)CCN1CCC2CCCCC21. The number of nitrogens with zero attached hydrogens (tertiary/aromatic N) is 2. The highest BCUT2D eigenvalue weighted by Crippen LogP contribution is 2.36. The molecule has 0 radical (unpaired) electrons. The van der Waals surface area contributed by atoms with E-state index in [1.807, 2.05) is 0 Å². The van der Waals surface area contributed by atoms with Crippen LogP contribution >= 0.6 is 0 Å². The van der Waals surface area contributed by atoms with E-state index in [2.05, 4.69) is 23.2 Å². The molecule has 1 heterocycles. The number of likely N-dealkylation sites (tertiary alicyclic amines) is 1. The zero-order valence-electron chi connectivity index (χ0n) is 11.0. The van der Waals surface area contributed by atoms with Gasteiger partial charge in [-0.15, -0.1) is 0 Å². The molecule has 1 aliphatic carbocycles. The Balaban J connectivity index is 1.77. The normalized spacial score (nSPS) is 30.8. The van der Waals surface area contributed by atoms with Crippen molar-refractivity contribution in [2.75, 3.05) is 19.6 Å². The smallest absolute Gasteiger partial charge is 0.0965 e. The van der Waals surface area contributed by atoms with Gasteiger partial charge in [-0.3, -0.25) is 0 Å². The summed E-state index contributed by atoms with van der Waals surface area (Å²) >= 11 is 0. The Labute approximate surface area is 105 Å². The molecule has 0 aromatic carbocycles. The van der Waals surface area contributed by atoms with Gasteiger partial charge in [0.05, 0.1) is 12.1 Å². The molecule has 0 spiro atoms. The predicted molar refractivity (Wildman–Crippen MR) is 69.6 cm³/mol. The summed E-state index contributed by atoms with van der Waals surface area (Å²) in [5, 5.41) is 12.3. The van der Waals surface area contributed by atoms with Crippen LogP contribution in [0.15, 0.2) is 0 Å². The zero-order chi connectivity index (χ0) is 12.1. The van der Waals surface area contributed by atoms with Gasteiger partial charge in [0.15, 0.2) is 0 Å². The Morgan fingerprint density at radius 1 is 1.35 bits per heavy atom. The third kappa shape index (κ3) is 3.20. The van der Waals surface area contributed by atoms with Crippen LogP contribution in [0.1, 0.15) is 45.4 Å². The van der Waals surface area contributed by atoms with Gasteiger partial charge >= 0.3 is 0 Å². The van der Waals surface area contributed by atoms with Crippen LogP contribution in [0.25, 0.3) is 0 Å². The molecule has 1 N–H and O–H groups in total. The second kappa shape index (κ2) is 6.37. The van der Waals surface area contributed by atoms with Crippen LogP contribution in [0, 0.1) is 17.2 Å². The lowest BCUT2D eigenvalue weighted by Gasteiger charge is -2.32. The van der Waals surface area contributed by atoms with Crippen molar-refractivity contribution >= 4 is 0 Å². The number of rotatable bonds is 5. The van der Waals surface area contributed by atoms with E-state index in [4.69, 9.17) is 5.26 Å². The minimum atomic E-state index is 0.0441. The fourth-order valence-corrected chi connectivity index (χ4v) is 3.53. The Hall–Kier alpha value is -0.590. The summed E-state index contributed by atoms with van der Waals surface area (Å²) in [6, 6.07) is 3.24. The van der Waals surface area contributed by atoms with Crippen LogP contribution < -0.4 is 5.32 Å². The standard InChI is InChI=1S/C14H25N3/c1-2-16-13(11-15)8-10-17-9-7-12-5-3-4-6-14(12)17/h12-14,16H,2-10H2,1H3. The van der Waals surface area contributed by atoms with Crippen LogP contribution in [0.2, 0.25) is 0 Å². The van der Waals surface area contributed by atoms with Gasteiger partial charge < -0.3 is 10.2 Å². The molecule has 0 bridgehead atoms. The number of nitriles is 1. The molecular formula is C14H25N3. The van der Waals surface area contributed by atoms with Gasteiger partial charge in [0.2, 0.25) is 0 Å². The van der Waals surface area contributed by atoms with E-state index in [9.17, 15) is 0 Å². The van der Waals surface area contributed by atoms with Crippen LogP contribution in [-0.4, -0.2) is 36.6 Å². The second-order valence-corrected chi connectivity index (χ2v) is 5.46. The molecule has 2 rings (SSSR count). The summed E-state index contributed by atoms with van der Waals surface area (Å²) in [5.41, 5.74) is 0. The highest BCUT2D eigenvalue weighted by atomic mass is 15.2. The molecule has 1 saturated carbocycles. The third-order valence-electron chi connectivity index (χ3n) is 4.44. The lowest BCUT2D eigenvalue weighted by atomic mass is 9.85. The van der Waals surface area contributed by atoms with Gasteiger partial charge in [0, 0.05) is 12.6 Å². The van der Waals surface area contributed by atoms with Crippen molar-refractivity contribution in [1.82, 2.24) is 10.2 Å². The molecule has 96 valence electrons. The largest absolute Gasteiger partial charge is 0.302 e. The molecule has 2 aliphatic rings. The highest BCUT2D eigenvalue weighted by molar-refractivity contribution is 4.93. The number of nitrogens with one attached hydrogen (secondary N) is 1. The second-order valence-electron chi connectivity index (χ2n) is 5.46. The molecule has 3 nitrogen and oxygen atoms in total. The molecule has 3 unspecified atom stereocenters. The summed E-state index contributed by atoms with van der Waals surface area (Å²) in [4.78, 5) is 2.64. The summed E-state index contributed by atoms with van der Waals surface area (Å²) in [7, 11) is 0. The van der Waals surface area contributed by atoms with Crippen molar-refractivity contribution in [3.05, 3.63) is 0 Å².